The van der Waals surface area contributed by atoms with Crippen LogP contribution >= 0.6 is 34.8 Å². The summed E-state index contributed by atoms with van der Waals surface area (Å²) in [7, 11) is 0. The van der Waals surface area contributed by atoms with Crippen LogP contribution in [0, 0.1) is 5.92 Å². The molecular formula is C6H9Cl3. The first-order chi connectivity index (χ1) is 4.04. The first kappa shape index (κ1) is 9.61. The van der Waals surface area contributed by atoms with Crippen LogP contribution in [0.15, 0.2) is 10.6 Å². The van der Waals surface area contributed by atoms with Crippen molar-refractivity contribution >= 4 is 34.8 Å². The van der Waals surface area contributed by atoms with Crippen LogP contribution in [-0.4, -0.2) is 5.38 Å². The number of alkyl halides is 1. The van der Waals surface area contributed by atoms with Gasteiger partial charge in [-0.25, -0.2) is 0 Å². The molecule has 0 rings (SSSR count). The van der Waals surface area contributed by atoms with E-state index in [9.17, 15) is 0 Å². The lowest BCUT2D eigenvalue weighted by atomic mass is 10.1. The molecule has 0 radical (unpaired) electrons. The van der Waals surface area contributed by atoms with Gasteiger partial charge in [-0.2, -0.15) is 0 Å². The summed E-state index contributed by atoms with van der Waals surface area (Å²) in [5.74, 6) is 0.374. The summed E-state index contributed by atoms with van der Waals surface area (Å²) in [6.45, 7) is 4.01. The fourth-order valence-electron chi connectivity index (χ4n) is 0.313. The van der Waals surface area contributed by atoms with Crippen molar-refractivity contribution in [3.8, 4) is 0 Å². The van der Waals surface area contributed by atoms with Gasteiger partial charge in [-0.3, -0.25) is 0 Å². The Hall–Kier alpha value is 0.610. The van der Waals surface area contributed by atoms with E-state index in [1.165, 1.54) is 0 Å². The minimum absolute atomic E-state index is 0.0602. The summed E-state index contributed by atoms with van der Waals surface area (Å²) in [4.78, 5) is 0. The van der Waals surface area contributed by atoms with Gasteiger partial charge < -0.3 is 0 Å². The van der Waals surface area contributed by atoms with E-state index in [0.717, 1.165) is 0 Å². The van der Waals surface area contributed by atoms with Crippen LogP contribution in [0.25, 0.3) is 0 Å². The number of halogens is 3. The fraction of sp³-hybridized carbons (Fsp3) is 0.667. The molecule has 0 amide bonds. The second-order valence-electron chi connectivity index (χ2n) is 2.14. The number of hydrogen-bond acceptors (Lipinski definition) is 0. The molecule has 54 valence electrons. The number of rotatable bonds is 2. The van der Waals surface area contributed by atoms with Crippen LogP contribution in [-0.2, 0) is 0 Å². The zero-order chi connectivity index (χ0) is 7.44. The van der Waals surface area contributed by atoms with Gasteiger partial charge in [-0.1, -0.05) is 37.0 Å². The molecule has 1 atom stereocenters. The highest BCUT2D eigenvalue weighted by atomic mass is 35.5. The molecule has 0 heterocycles. The average Bonchev–Trinajstić information content (AvgIpc) is 1.63. The molecule has 3 heteroatoms. The molecule has 0 aliphatic heterocycles. The molecule has 0 fully saturated rings. The molecule has 0 aromatic rings. The van der Waals surface area contributed by atoms with Gasteiger partial charge >= 0.3 is 0 Å². The van der Waals surface area contributed by atoms with E-state index in [1.54, 1.807) is 6.08 Å². The van der Waals surface area contributed by atoms with Crippen molar-refractivity contribution in [3.05, 3.63) is 10.6 Å². The predicted molar refractivity (Wildman–Crippen MR) is 44.3 cm³/mol. The first-order valence-corrected chi connectivity index (χ1v) is 3.90. The standard InChI is InChI=1S/C6H9Cl3/c1-4(2)5(7)3-6(8)9/h3-5H,1-2H3. The number of hydrogen-bond donors (Lipinski definition) is 0. The van der Waals surface area contributed by atoms with Crippen molar-refractivity contribution in [1.82, 2.24) is 0 Å². The Balaban J connectivity index is 3.76. The van der Waals surface area contributed by atoms with Gasteiger partial charge in [0.25, 0.3) is 0 Å². The summed E-state index contributed by atoms with van der Waals surface area (Å²) in [5, 5.41) is -0.0602. The molecule has 0 nitrogen and oxygen atoms in total. The largest absolute Gasteiger partial charge is 0.118 e. The highest BCUT2D eigenvalue weighted by Crippen LogP contribution is 2.16. The van der Waals surface area contributed by atoms with E-state index in [2.05, 4.69) is 0 Å². The highest BCUT2D eigenvalue weighted by molar-refractivity contribution is 6.56. The second kappa shape index (κ2) is 4.43. The molecule has 0 saturated carbocycles. The van der Waals surface area contributed by atoms with Gasteiger partial charge in [0.05, 0.1) is 5.38 Å². The Morgan fingerprint density at radius 3 is 1.89 bits per heavy atom. The summed E-state index contributed by atoms with van der Waals surface area (Å²) < 4.78 is 0.240. The molecule has 9 heavy (non-hydrogen) atoms. The van der Waals surface area contributed by atoms with Crippen LogP contribution in [0.2, 0.25) is 0 Å². The van der Waals surface area contributed by atoms with E-state index in [1.807, 2.05) is 13.8 Å². The van der Waals surface area contributed by atoms with Crippen LogP contribution in [0.5, 0.6) is 0 Å². The molecule has 0 N–H and O–H groups in total. The third-order valence-electron chi connectivity index (χ3n) is 0.922. The summed E-state index contributed by atoms with van der Waals surface area (Å²) in [6, 6.07) is 0. The Morgan fingerprint density at radius 2 is 1.78 bits per heavy atom. The molecule has 0 spiro atoms. The SMILES string of the molecule is CC(C)C(Cl)C=C(Cl)Cl. The van der Waals surface area contributed by atoms with E-state index < -0.39 is 0 Å². The van der Waals surface area contributed by atoms with Gasteiger partial charge in [0.15, 0.2) is 0 Å². The van der Waals surface area contributed by atoms with Crippen molar-refractivity contribution in [1.29, 1.82) is 0 Å². The topological polar surface area (TPSA) is 0 Å². The van der Waals surface area contributed by atoms with E-state index >= 15 is 0 Å². The third kappa shape index (κ3) is 5.07. The number of allylic oxidation sites excluding steroid dienone is 1. The van der Waals surface area contributed by atoms with E-state index in [0.29, 0.717) is 5.92 Å². The molecule has 0 aromatic heterocycles. The first-order valence-electron chi connectivity index (χ1n) is 2.71. The normalized spacial score (nSPS) is 13.6. The van der Waals surface area contributed by atoms with Gasteiger partial charge in [0.1, 0.15) is 4.49 Å². The summed E-state index contributed by atoms with van der Waals surface area (Å²) in [6.07, 6.45) is 1.62. The lowest BCUT2D eigenvalue weighted by Gasteiger charge is -2.06. The Morgan fingerprint density at radius 1 is 1.33 bits per heavy atom. The van der Waals surface area contributed by atoms with Crippen molar-refractivity contribution < 1.29 is 0 Å². The van der Waals surface area contributed by atoms with Gasteiger partial charge in [0, 0.05) is 0 Å². The molecule has 0 bridgehead atoms. The third-order valence-corrected chi connectivity index (χ3v) is 1.80. The molecule has 0 aliphatic rings. The maximum atomic E-state index is 5.77. The predicted octanol–water partition coefficient (Wildman–Crippen LogP) is 3.57. The molecule has 0 saturated heterocycles. The van der Waals surface area contributed by atoms with Crippen LogP contribution in [0.1, 0.15) is 13.8 Å². The average molecular weight is 187 g/mol. The lowest BCUT2D eigenvalue weighted by molar-refractivity contribution is 0.671. The van der Waals surface area contributed by atoms with Crippen LogP contribution in [0.3, 0.4) is 0 Å². The van der Waals surface area contributed by atoms with Crippen molar-refractivity contribution in [2.24, 2.45) is 5.92 Å². The quantitative estimate of drug-likeness (QED) is 0.580. The zero-order valence-corrected chi connectivity index (χ0v) is 7.63. The fourth-order valence-corrected chi connectivity index (χ4v) is 0.839. The molecular weight excluding hydrogens is 178 g/mol. The van der Waals surface area contributed by atoms with Crippen molar-refractivity contribution in [2.45, 2.75) is 19.2 Å². The summed E-state index contributed by atoms with van der Waals surface area (Å²) in [5.41, 5.74) is 0. The Bertz CT molecular complexity index is 103. The van der Waals surface area contributed by atoms with Gasteiger partial charge in [0.2, 0.25) is 0 Å². The van der Waals surface area contributed by atoms with Crippen LogP contribution < -0.4 is 0 Å². The minimum Gasteiger partial charge on any atom is -0.118 e. The monoisotopic (exact) mass is 186 g/mol. The Labute approximate surface area is 70.8 Å². The van der Waals surface area contributed by atoms with Gasteiger partial charge in [-0.15, -0.1) is 11.6 Å². The molecule has 0 aliphatic carbocycles. The molecule has 1 unspecified atom stereocenters. The van der Waals surface area contributed by atoms with Crippen molar-refractivity contribution in [2.75, 3.05) is 0 Å². The maximum absolute atomic E-state index is 5.77. The van der Waals surface area contributed by atoms with Crippen molar-refractivity contribution in [3.63, 3.8) is 0 Å². The van der Waals surface area contributed by atoms with Crippen LogP contribution in [0.4, 0.5) is 0 Å². The molecule has 0 aromatic carbocycles. The maximum Gasteiger partial charge on any atom is 0.104 e. The van der Waals surface area contributed by atoms with E-state index in [4.69, 9.17) is 34.8 Å². The lowest BCUT2D eigenvalue weighted by Crippen LogP contribution is -2.02. The second-order valence-corrected chi connectivity index (χ2v) is 3.66. The smallest absolute Gasteiger partial charge is 0.104 e. The summed E-state index contributed by atoms with van der Waals surface area (Å²) >= 11 is 16.5. The highest BCUT2D eigenvalue weighted by Gasteiger charge is 2.05. The van der Waals surface area contributed by atoms with E-state index in [-0.39, 0.29) is 9.87 Å². The minimum atomic E-state index is -0.0602. The Kier molecular flexibility index (Phi) is 4.73. The zero-order valence-electron chi connectivity index (χ0n) is 5.37. The van der Waals surface area contributed by atoms with Gasteiger partial charge in [-0.05, 0) is 12.0 Å².